The monoisotopic (exact) mass is 324 g/mol. The van der Waals surface area contributed by atoms with E-state index in [4.69, 9.17) is 4.52 Å². The number of aromatic nitrogens is 4. The van der Waals surface area contributed by atoms with E-state index in [9.17, 15) is 13.2 Å². The van der Waals surface area contributed by atoms with Crippen molar-refractivity contribution in [2.75, 3.05) is 0 Å². The second-order valence-electron chi connectivity index (χ2n) is 6.33. The fraction of sp³-hybridized carbons (Fsp3) is 0.400. The van der Waals surface area contributed by atoms with Crippen LogP contribution in [-0.4, -0.2) is 19.9 Å². The van der Waals surface area contributed by atoms with Gasteiger partial charge in [-0.25, -0.2) is 0 Å². The summed E-state index contributed by atoms with van der Waals surface area (Å²) in [6, 6.07) is 3.24. The Balaban J connectivity index is 2.02. The van der Waals surface area contributed by atoms with Crippen LogP contribution in [0.5, 0.6) is 0 Å². The fourth-order valence-corrected chi connectivity index (χ4v) is 2.25. The smallest absolute Gasteiger partial charge is 0.361 e. The highest BCUT2D eigenvalue weighted by atomic mass is 19.4. The maximum atomic E-state index is 13.1. The highest BCUT2D eigenvalue weighted by molar-refractivity contribution is 5.81. The van der Waals surface area contributed by atoms with Crippen molar-refractivity contribution in [2.24, 2.45) is 0 Å². The first-order valence-electron chi connectivity index (χ1n) is 7.00. The first-order valence-corrected chi connectivity index (χ1v) is 7.00. The second-order valence-corrected chi connectivity index (χ2v) is 6.33. The third-order valence-electron chi connectivity index (χ3n) is 3.43. The van der Waals surface area contributed by atoms with Gasteiger partial charge in [0.05, 0.1) is 17.4 Å². The first kappa shape index (κ1) is 15.5. The lowest BCUT2D eigenvalue weighted by molar-refractivity contribution is -0.140. The largest absolute Gasteiger partial charge is 0.435 e. The summed E-state index contributed by atoms with van der Waals surface area (Å²) in [5.74, 6) is 0.668. The molecular weight excluding hydrogens is 309 g/mol. The number of pyridine rings is 1. The van der Waals surface area contributed by atoms with Crippen molar-refractivity contribution in [3.05, 3.63) is 41.7 Å². The van der Waals surface area contributed by atoms with Gasteiger partial charge in [-0.2, -0.15) is 18.3 Å². The lowest BCUT2D eigenvalue weighted by Crippen LogP contribution is -2.10. The number of fused-ring (bicyclic) bond motifs is 1. The van der Waals surface area contributed by atoms with Crippen LogP contribution in [0.1, 0.15) is 37.9 Å². The molecule has 0 saturated carbocycles. The van der Waals surface area contributed by atoms with E-state index in [0.717, 1.165) is 0 Å². The molecule has 0 atom stereocenters. The van der Waals surface area contributed by atoms with Gasteiger partial charge in [-0.3, -0.25) is 9.67 Å². The van der Waals surface area contributed by atoms with Crippen molar-refractivity contribution in [3.63, 3.8) is 0 Å². The van der Waals surface area contributed by atoms with Crippen LogP contribution in [0.2, 0.25) is 0 Å². The van der Waals surface area contributed by atoms with Crippen LogP contribution < -0.4 is 0 Å². The first-order chi connectivity index (χ1) is 10.7. The van der Waals surface area contributed by atoms with E-state index in [2.05, 4.69) is 15.2 Å². The minimum Gasteiger partial charge on any atom is -0.361 e. The molecule has 0 fully saturated rings. The number of hydrogen-bond donors (Lipinski definition) is 0. The third kappa shape index (κ3) is 2.93. The molecule has 0 radical (unpaired) electrons. The molecule has 5 nitrogen and oxygen atoms in total. The summed E-state index contributed by atoms with van der Waals surface area (Å²) in [5, 5.41) is 7.59. The molecule has 3 aromatic rings. The van der Waals surface area contributed by atoms with Crippen molar-refractivity contribution in [1.82, 2.24) is 19.9 Å². The zero-order valence-electron chi connectivity index (χ0n) is 12.8. The van der Waals surface area contributed by atoms with Gasteiger partial charge in [-0.15, -0.1) is 0 Å². The van der Waals surface area contributed by atoms with E-state index in [0.29, 0.717) is 17.0 Å². The van der Waals surface area contributed by atoms with E-state index in [1.165, 1.54) is 23.1 Å². The van der Waals surface area contributed by atoms with Gasteiger partial charge in [0.2, 0.25) is 0 Å². The number of rotatable bonds is 2. The van der Waals surface area contributed by atoms with Crippen molar-refractivity contribution < 1.29 is 17.7 Å². The molecule has 0 bridgehead atoms. The van der Waals surface area contributed by atoms with Crippen LogP contribution >= 0.6 is 0 Å². The lowest BCUT2D eigenvalue weighted by atomic mass is 9.93. The minimum absolute atomic E-state index is 0.0282. The summed E-state index contributed by atoms with van der Waals surface area (Å²) in [7, 11) is 0. The average Bonchev–Trinajstić information content (AvgIpc) is 3.04. The number of alkyl halides is 3. The van der Waals surface area contributed by atoms with Gasteiger partial charge in [0.15, 0.2) is 5.69 Å². The summed E-state index contributed by atoms with van der Waals surface area (Å²) < 4.78 is 45.8. The molecule has 0 saturated heterocycles. The highest BCUT2D eigenvalue weighted by Gasteiger charge is 2.37. The molecule has 0 aliphatic heterocycles. The lowest BCUT2D eigenvalue weighted by Gasteiger charge is -2.12. The predicted octanol–water partition coefficient (Wildman–Crippen LogP) is 3.78. The maximum Gasteiger partial charge on any atom is 0.435 e. The second kappa shape index (κ2) is 5.07. The van der Waals surface area contributed by atoms with E-state index in [-0.39, 0.29) is 17.3 Å². The van der Waals surface area contributed by atoms with Crippen molar-refractivity contribution in [2.45, 2.75) is 38.9 Å². The minimum atomic E-state index is -4.53. The Bertz CT molecular complexity index is 842. The van der Waals surface area contributed by atoms with Crippen LogP contribution in [-0.2, 0) is 18.1 Å². The summed E-state index contributed by atoms with van der Waals surface area (Å²) >= 11 is 0. The molecule has 3 aromatic heterocycles. The van der Waals surface area contributed by atoms with Gasteiger partial charge in [-0.1, -0.05) is 25.9 Å². The molecule has 8 heteroatoms. The van der Waals surface area contributed by atoms with Crippen molar-refractivity contribution in [3.8, 4) is 0 Å². The van der Waals surface area contributed by atoms with Crippen molar-refractivity contribution in [1.29, 1.82) is 0 Å². The molecule has 0 aromatic carbocycles. The predicted molar refractivity (Wildman–Crippen MR) is 76.8 cm³/mol. The van der Waals surface area contributed by atoms with Gasteiger partial charge in [0, 0.05) is 23.9 Å². The maximum absolute atomic E-state index is 13.1. The Morgan fingerprint density at radius 2 is 1.96 bits per heavy atom. The summed E-state index contributed by atoms with van der Waals surface area (Å²) in [6.07, 6.45) is -1.93. The fourth-order valence-electron chi connectivity index (χ4n) is 2.25. The molecule has 0 amide bonds. The van der Waals surface area contributed by atoms with Crippen LogP contribution in [0.15, 0.2) is 29.0 Å². The van der Waals surface area contributed by atoms with Crippen LogP contribution in [0.25, 0.3) is 10.9 Å². The van der Waals surface area contributed by atoms with E-state index in [1.807, 2.05) is 20.8 Å². The quantitative estimate of drug-likeness (QED) is 0.720. The molecule has 0 aliphatic carbocycles. The molecule has 0 aliphatic rings. The van der Waals surface area contributed by atoms with Crippen molar-refractivity contribution >= 4 is 10.9 Å². The Hall–Kier alpha value is -2.38. The number of hydrogen-bond acceptors (Lipinski definition) is 4. The topological polar surface area (TPSA) is 56.7 Å². The Morgan fingerprint density at radius 1 is 1.22 bits per heavy atom. The molecular formula is C15H15F3N4O. The van der Waals surface area contributed by atoms with Gasteiger partial charge in [0.25, 0.3) is 0 Å². The molecule has 3 rings (SSSR count). The van der Waals surface area contributed by atoms with E-state index < -0.39 is 11.9 Å². The van der Waals surface area contributed by atoms with Gasteiger partial charge < -0.3 is 4.52 Å². The molecule has 3 heterocycles. The Morgan fingerprint density at radius 3 is 2.57 bits per heavy atom. The summed E-state index contributed by atoms with van der Waals surface area (Å²) in [5.41, 5.74) is -0.295. The summed E-state index contributed by atoms with van der Waals surface area (Å²) in [6.45, 7) is 5.99. The van der Waals surface area contributed by atoms with Gasteiger partial charge >= 0.3 is 6.18 Å². The Kier molecular flexibility index (Phi) is 3.42. The Labute approximate surface area is 130 Å². The SMILES string of the molecule is CC(C)(C)c1cc(Cn2nc(C(F)(F)F)c3cnccc32)no1. The van der Waals surface area contributed by atoms with Crippen LogP contribution in [0.3, 0.4) is 0 Å². The number of nitrogens with zero attached hydrogens (tertiary/aromatic N) is 4. The van der Waals surface area contributed by atoms with Crippen LogP contribution in [0, 0.1) is 0 Å². The number of halogens is 3. The zero-order valence-corrected chi connectivity index (χ0v) is 12.8. The molecule has 122 valence electrons. The third-order valence-corrected chi connectivity index (χ3v) is 3.43. The zero-order chi connectivity index (χ0) is 16.8. The standard InChI is InChI=1S/C15H15F3N4O/c1-14(2,3)12-6-9(21-23-12)8-22-11-4-5-19-7-10(11)13(20-22)15(16,17)18/h4-7H,8H2,1-3H3. The molecule has 0 N–H and O–H groups in total. The highest BCUT2D eigenvalue weighted by Crippen LogP contribution is 2.33. The summed E-state index contributed by atoms with van der Waals surface area (Å²) in [4.78, 5) is 3.76. The molecule has 0 unspecified atom stereocenters. The van der Waals surface area contributed by atoms with Crippen LogP contribution in [0.4, 0.5) is 13.2 Å². The average molecular weight is 324 g/mol. The van der Waals surface area contributed by atoms with Gasteiger partial charge in [0.1, 0.15) is 11.5 Å². The van der Waals surface area contributed by atoms with E-state index in [1.54, 1.807) is 6.07 Å². The van der Waals surface area contributed by atoms with E-state index >= 15 is 0 Å². The normalized spacial score (nSPS) is 13.0. The molecule has 0 spiro atoms. The molecule has 23 heavy (non-hydrogen) atoms. The van der Waals surface area contributed by atoms with Gasteiger partial charge in [-0.05, 0) is 6.07 Å².